The van der Waals surface area contributed by atoms with E-state index >= 15 is 0 Å². The number of ether oxygens (including phenoxy) is 2. The highest BCUT2D eigenvalue weighted by atomic mass is 35.5. The van der Waals surface area contributed by atoms with Crippen LogP contribution in [0.3, 0.4) is 0 Å². The lowest BCUT2D eigenvalue weighted by molar-refractivity contribution is 0.0254. The third kappa shape index (κ3) is 2.59. The molecule has 0 saturated carbocycles. The van der Waals surface area contributed by atoms with Crippen LogP contribution in [0.1, 0.15) is 12.8 Å². The van der Waals surface area contributed by atoms with Crippen molar-refractivity contribution in [3.8, 4) is 5.75 Å². The van der Waals surface area contributed by atoms with Crippen LogP contribution in [0.2, 0.25) is 5.15 Å². The van der Waals surface area contributed by atoms with Crippen LogP contribution in [0, 0.1) is 0 Å². The molecule has 76 valence electrons. The number of nitrogens with zero attached hydrogens (tertiary/aromatic N) is 1. The van der Waals surface area contributed by atoms with Gasteiger partial charge in [-0.15, -0.1) is 0 Å². The average Bonchev–Trinajstić information content (AvgIpc) is 2.23. The van der Waals surface area contributed by atoms with E-state index in [-0.39, 0.29) is 6.10 Å². The van der Waals surface area contributed by atoms with Crippen molar-refractivity contribution < 1.29 is 9.47 Å². The first-order valence-electron chi connectivity index (χ1n) is 4.70. The Hall–Kier alpha value is -0.800. The predicted octanol–water partition coefficient (Wildman–Crippen LogP) is 2.29. The Kier molecular flexibility index (Phi) is 3.22. The highest BCUT2D eigenvalue weighted by molar-refractivity contribution is 6.29. The van der Waals surface area contributed by atoms with Crippen molar-refractivity contribution in [1.29, 1.82) is 0 Å². The van der Waals surface area contributed by atoms with Crippen molar-refractivity contribution in [2.24, 2.45) is 0 Å². The number of halogens is 1. The minimum absolute atomic E-state index is 0.256. The van der Waals surface area contributed by atoms with Gasteiger partial charge in [-0.2, -0.15) is 0 Å². The standard InChI is InChI=1S/C10H12ClNO2/c11-10-2-1-9(7-12-10)14-8-3-5-13-6-4-8/h1-2,7-8H,3-6H2. The van der Waals surface area contributed by atoms with Crippen LogP contribution in [-0.4, -0.2) is 24.3 Å². The molecule has 0 aromatic carbocycles. The van der Waals surface area contributed by atoms with Gasteiger partial charge in [0.2, 0.25) is 0 Å². The Balaban J connectivity index is 1.92. The fourth-order valence-electron chi connectivity index (χ4n) is 1.42. The minimum atomic E-state index is 0.256. The van der Waals surface area contributed by atoms with E-state index in [0.29, 0.717) is 5.15 Å². The first-order chi connectivity index (χ1) is 6.84. The highest BCUT2D eigenvalue weighted by Gasteiger charge is 2.14. The molecule has 1 aromatic heterocycles. The molecule has 2 rings (SSSR count). The zero-order chi connectivity index (χ0) is 9.80. The van der Waals surface area contributed by atoms with Gasteiger partial charge in [0.05, 0.1) is 19.4 Å². The zero-order valence-electron chi connectivity index (χ0n) is 7.78. The molecule has 0 amide bonds. The monoisotopic (exact) mass is 213 g/mol. The van der Waals surface area contributed by atoms with E-state index in [0.717, 1.165) is 31.8 Å². The Morgan fingerprint density at radius 2 is 2.14 bits per heavy atom. The van der Waals surface area contributed by atoms with Crippen LogP contribution in [0.15, 0.2) is 18.3 Å². The summed E-state index contributed by atoms with van der Waals surface area (Å²) in [5.41, 5.74) is 0. The molecule has 3 nitrogen and oxygen atoms in total. The second kappa shape index (κ2) is 4.62. The summed E-state index contributed by atoms with van der Waals surface area (Å²) in [6, 6.07) is 3.57. The summed E-state index contributed by atoms with van der Waals surface area (Å²) in [4.78, 5) is 3.95. The average molecular weight is 214 g/mol. The molecular weight excluding hydrogens is 202 g/mol. The Bertz CT molecular complexity index is 283. The van der Waals surface area contributed by atoms with Crippen LogP contribution in [0.4, 0.5) is 0 Å². The summed E-state index contributed by atoms with van der Waals surface area (Å²) in [6.45, 7) is 1.57. The summed E-state index contributed by atoms with van der Waals surface area (Å²) in [5, 5.41) is 0.490. The number of rotatable bonds is 2. The van der Waals surface area contributed by atoms with Gasteiger partial charge in [-0.1, -0.05) is 11.6 Å². The van der Waals surface area contributed by atoms with Crippen LogP contribution < -0.4 is 4.74 Å². The SMILES string of the molecule is Clc1ccc(OC2CCOCC2)cn1. The van der Waals surface area contributed by atoms with Gasteiger partial charge < -0.3 is 9.47 Å². The Morgan fingerprint density at radius 1 is 1.36 bits per heavy atom. The van der Waals surface area contributed by atoms with Crippen molar-refractivity contribution in [1.82, 2.24) is 4.98 Å². The quantitative estimate of drug-likeness (QED) is 0.707. The molecule has 1 fully saturated rings. The lowest BCUT2D eigenvalue weighted by Crippen LogP contribution is -2.25. The van der Waals surface area contributed by atoms with Gasteiger partial charge in [0.15, 0.2) is 0 Å². The zero-order valence-corrected chi connectivity index (χ0v) is 8.54. The van der Waals surface area contributed by atoms with Gasteiger partial charge in [-0.25, -0.2) is 4.98 Å². The number of pyridine rings is 1. The van der Waals surface area contributed by atoms with Crippen LogP contribution in [0.25, 0.3) is 0 Å². The maximum atomic E-state index is 5.71. The van der Waals surface area contributed by atoms with Gasteiger partial charge in [0.1, 0.15) is 17.0 Å². The van der Waals surface area contributed by atoms with E-state index in [1.165, 1.54) is 0 Å². The molecule has 1 aliphatic rings. The number of aromatic nitrogens is 1. The molecular formula is C10H12ClNO2. The van der Waals surface area contributed by atoms with Gasteiger partial charge in [0, 0.05) is 12.8 Å². The molecule has 0 bridgehead atoms. The third-order valence-electron chi connectivity index (χ3n) is 2.17. The maximum absolute atomic E-state index is 5.71. The molecule has 0 atom stereocenters. The van der Waals surface area contributed by atoms with E-state index in [4.69, 9.17) is 21.1 Å². The molecule has 0 N–H and O–H groups in total. The maximum Gasteiger partial charge on any atom is 0.138 e. The smallest absolute Gasteiger partial charge is 0.138 e. The molecule has 1 aromatic rings. The number of hydrogen-bond donors (Lipinski definition) is 0. The summed E-state index contributed by atoms with van der Waals surface area (Å²) >= 11 is 5.67. The van der Waals surface area contributed by atoms with E-state index < -0.39 is 0 Å². The first kappa shape index (κ1) is 9.74. The first-order valence-corrected chi connectivity index (χ1v) is 5.08. The van der Waals surface area contributed by atoms with Gasteiger partial charge >= 0.3 is 0 Å². The Morgan fingerprint density at radius 3 is 2.79 bits per heavy atom. The normalized spacial score (nSPS) is 18.1. The van der Waals surface area contributed by atoms with Gasteiger partial charge in [-0.05, 0) is 12.1 Å². The van der Waals surface area contributed by atoms with Gasteiger partial charge in [-0.3, -0.25) is 0 Å². The van der Waals surface area contributed by atoms with Crippen molar-refractivity contribution in [2.75, 3.05) is 13.2 Å². The van der Waals surface area contributed by atoms with Crippen LogP contribution >= 0.6 is 11.6 Å². The molecule has 1 saturated heterocycles. The second-order valence-electron chi connectivity index (χ2n) is 3.25. The molecule has 2 heterocycles. The molecule has 14 heavy (non-hydrogen) atoms. The summed E-state index contributed by atoms with van der Waals surface area (Å²) in [5.74, 6) is 0.779. The van der Waals surface area contributed by atoms with E-state index in [9.17, 15) is 0 Å². The lowest BCUT2D eigenvalue weighted by atomic mass is 10.1. The fourth-order valence-corrected chi connectivity index (χ4v) is 1.53. The van der Waals surface area contributed by atoms with Gasteiger partial charge in [0.25, 0.3) is 0 Å². The summed E-state index contributed by atoms with van der Waals surface area (Å²) in [6.07, 6.45) is 3.80. The topological polar surface area (TPSA) is 31.4 Å². The lowest BCUT2D eigenvalue weighted by Gasteiger charge is -2.22. The highest BCUT2D eigenvalue weighted by Crippen LogP contribution is 2.18. The van der Waals surface area contributed by atoms with Crippen LogP contribution in [0.5, 0.6) is 5.75 Å². The van der Waals surface area contributed by atoms with E-state index in [1.807, 2.05) is 6.07 Å². The van der Waals surface area contributed by atoms with Crippen LogP contribution in [-0.2, 0) is 4.74 Å². The van der Waals surface area contributed by atoms with E-state index in [1.54, 1.807) is 12.3 Å². The fraction of sp³-hybridized carbons (Fsp3) is 0.500. The Labute approximate surface area is 88.0 Å². The summed E-state index contributed by atoms with van der Waals surface area (Å²) < 4.78 is 10.9. The molecule has 0 spiro atoms. The molecule has 0 unspecified atom stereocenters. The molecule has 0 aliphatic carbocycles. The minimum Gasteiger partial charge on any atom is -0.489 e. The second-order valence-corrected chi connectivity index (χ2v) is 3.63. The van der Waals surface area contributed by atoms with Crippen molar-refractivity contribution >= 4 is 11.6 Å². The molecule has 0 radical (unpaired) electrons. The van der Waals surface area contributed by atoms with Crippen molar-refractivity contribution in [2.45, 2.75) is 18.9 Å². The summed E-state index contributed by atoms with van der Waals surface area (Å²) in [7, 11) is 0. The van der Waals surface area contributed by atoms with Crippen molar-refractivity contribution in [3.63, 3.8) is 0 Å². The molecule has 4 heteroatoms. The van der Waals surface area contributed by atoms with Crippen molar-refractivity contribution in [3.05, 3.63) is 23.5 Å². The predicted molar refractivity (Wildman–Crippen MR) is 53.7 cm³/mol. The molecule has 1 aliphatic heterocycles. The van der Waals surface area contributed by atoms with E-state index in [2.05, 4.69) is 4.98 Å². The number of hydrogen-bond acceptors (Lipinski definition) is 3. The third-order valence-corrected chi connectivity index (χ3v) is 2.39. The largest absolute Gasteiger partial charge is 0.489 e.